The Morgan fingerprint density at radius 3 is 2.32 bits per heavy atom. The van der Waals surface area contributed by atoms with Crippen LogP contribution in [0.15, 0.2) is 11.6 Å². The van der Waals surface area contributed by atoms with Gasteiger partial charge in [0.2, 0.25) is 11.8 Å². The van der Waals surface area contributed by atoms with E-state index >= 15 is 0 Å². The van der Waals surface area contributed by atoms with E-state index in [2.05, 4.69) is 24.1 Å². The molecular formula is C24H43N3O4. The van der Waals surface area contributed by atoms with Gasteiger partial charge in [0, 0.05) is 18.7 Å². The molecule has 31 heavy (non-hydrogen) atoms. The molecule has 1 aliphatic rings. The van der Waals surface area contributed by atoms with Crippen molar-refractivity contribution in [1.29, 1.82) is 0 Å². The molecule has 0 bridgehead atoms. The van der Waals surface area contributed by atoms with E-state index in [-0.39, 0.29) is 41.8 Å². The fourth-order valence-electron chi connectivity index (χ4n) is 4.10. The molecule has 1 heterocycles. The lowest BCUT2D eigenvalue weighted by molar-refractivity contribution is -0.140. The molecule has 7 heteroatoms. The molecule has 7 nitrogen and oxygen atoms in total. The summed E-state index contributed by atoms with van der Waals surface area (Å²) in [6, 6.07) is -0.774. The summed E-state index contributed by atoms with van der Waals surface area (Å²) in [5, 5.41) is 3.04. The van der Waals surface area contributed by atoms with Crippen LogP contribution in [0.1, 0.15) is 74.1 Å². The Balaban J connectivity index is 2.97. The standard InChI is InChI=1S/C24H43N3O4/c1-9-19(15-18(7)24(30)31-10-2)26(8)23(29)21(16(3)4)25-22(28)20-13-11-12-14-27(20)17(5)6/h15-17,19-21H,9-14H2,1-8H3,(H,25,28)/b18-15+/t19-,20?,21-/m0/s1. The van der Waals surface area contributed by atoms with Crippen LogP contribution in [0.25, 0.3) is 0 Å². The minimum Gasteiger partial charge on any atom is -0.463 e. The zero-order chi connectivity index (χ0) is 23.7. The number of hydrogen-bond acceptors (Lipinski definition) is 5. The molecule has 0 aliphatic carbocycles. The second-order valence-electron chi connectivity index (χ2n) is 9.07. The van der Waals surface area contributed by atoms with Gasteiger partial charge in [-0.3, -0.25) is 14.5 Å². The number of carbonyl (C=O) groups is 3. The van der Waals surface area contributed by atoms with Crippen molar-refractivity contribution < 1.29 is 19.1 Å². The van der Waals surface area contributed by atoms with Crippen LogP contribution in [0, 0.1) is 5.92 Å². The number of nitrogens with zero attached hydrogens (tertiary/aromatic N) is 2. The first-order chi connectivity index (χ1) is 14.5. The van der Waals surface area contributed by atoms with E-state index in [1.54, 1.807) is 31.9 Å². The SMILES string of the molecule is CCOC(=O)/C(C)=C/[C@H](CC)N(C)C(=O)[C@@H](NC(=O)C1CCCCN1C(C)C)C(C)C. The normalized spacial score (nSPS) is 19.8. The zero-order valence-electron chi connectivity index (χ0n) is 20.7. The molecule has 0 saturated carbocycles. The van der Waals surface area contributed by atoms with Crippen LogP contribution in [0.3, 0.4) is 0 Å². The van der Waals surface area contributed by atoms with E-state index < -0.39 is 6.04 Å². The van der Waals surface area contributed by atoms with Gasteiger partial charge in [-0.15, -0.1) is 0 Å². The number of nitrogens with one attached hydrogen (secondary N) is 1. The van der Waals surface area contributed by atoms with E-state index in [0.29, 0.717) is 18.6 Å². The predicted octanol–water partition coefficient (Wildman–Crippen LogP) is 3.14. The largest absolute Gasteiger partial charge is 0.463 e. The number of amides is 2. The molecule has 0 aromatic carbocycles. The summed E-state index contributed by atoms with van der Waals surface area (Å²) >= 11 is 0. The van der Waals surface area contributed by atoms with E-state index in [4.69, 9.17) is 4.74 Å². The Kier molecular flexibility index (Phi) is 11.2. The van der Waals surface area contributed by atoms with Crippen LogP contribution in [0.5, 0.6) is 0 Å². The molecule has 1 saturated heterocycles. The lowest BCUT2D eigenvalue weighted by Gasteiger charge is -2.39. The van der Waals surface area contributed by atoms with Crippen molar-refractivity contribution in [1.82, 2.24) is 15.1 Å². The number of hydrogen-bond donors (Lipinski definition) is 1. The summed E-state index contributed by atoms with van der Waals surface area (Å²) < 4.78 is 5.05. The number of ether oxygens (including phenoxy) is 1. The summed E-state index contributed by atoms with van der Waals surface area (Å²) in [5.74, 6) is -0.639. The lowest BCUT2D eigenvalue weighted by Crippen LogP contribution is -2.58. The van der Waals surface area contributed by atoms with Gasteiger partial charge < -0.3 is 15.0 Å². The number of likely N-dealkylation sites (N-methyl/N-ethyl adjacent to an activating group) is 1. The van der Waals surface area contributed by atoms with Gasteiger partial charge in [-0.2, -0.15) is 0 Å². The third-order valence-corrected chi connectivity index (χ3v) is 6.04. The van der Waals surface area contributed by atoms with Gasteiger partial charge in [0.25, 0.3) is 0 Å². The number of esters is 1. The van der Waals surface area contributed by atoms with Crippen LogP contribution in [0.2, 0.25) is 0 Å². The first kappa shape index (κ1) is 27.1. The van der Waals surface area contributed by atoms with E-state index in [1.807, 2.05) is 20.8 Å². The first-order valence-electron chi connectivity index (χ1n) is 11.7. The monoisotopic (exact) mass is 437 g/mol. The van der Waals surface area contributed by atoms with Crippen LogP contribution in [-0.4, -0.2) is 72.0 Å². The van der Waals surface area contributed by atoms with Crippen molar-refractivity contribution in [3.63, 3.8) is 0 Å². The van der Waals surface area contributed by atoms with Crippen LogP contribution < -0.4 is 5.32 Å². The first-order valence-corrected chi connectivity index (χ1v) is 11.7. The molecule has 1 rings (SSSR count). The van der Waals surface area contributed by atoms with E-state index in [1.165, 1.54) is 0 Å². The van der Waals surface area contributed by atoms with Crippen LogP contribution in [-0.2, 0) is 19.1 Å². The average Bonchev–Trinajstić information content (AvgIpc) is 2.74. The predicted molar refractivity (Wildman–Crippen MR) is 123 cm³/mol. The summed E-state index contributed by atoms with van der Waals surface area (Å²) in [4.78, 5) is 42.3. The van der Waals surface area contributed by atoms with Crippen molar-refractivity contribution in [2.45, 2.75) is 98.3 Å². The summed E-state index contributed by atoms with van der Waals surface area (Å²) in [5.41, 5.74) is 0.480. The van der Waals surface area contributed by atoms with E-state index in [0.717, 1.165) is 25.8 Å². The van der Waals surface area contributed by atoms with Crippen LogP contribution >= 0.6 is 0 Å². The fourth-order valence-corrected chi connectivity index (χ4v) is 4.10. The number of piperidine rings is 1. The molecule has 1 unspecified atom stereocenters. The molecule has 1 fully saturated rings. The van der Waals surface area contributed by atoms with Gasteiger partial charge in [-0.25, -0.2) is 4.79 Å². The highest BCUT2D eigenvalue weighted by atomic mass is 16.5. The Bertz CT molecular complexity index is 645. The topological polar surface area (TPSA) is 79.0 Å². The second kappa shape index (κ2) is 12.8. The zero-order valence-corrected chi connectivity index (χ0v) is 20.7. The van der Waals surface area contributed by atoms with Crippen molar-refractivity contribution in [2.24, 2.45) is 5.92 Å². The maximum absolute atomic E-state index is 13.3. The molecule has 2 amide bonds. The maximum atomic E-state index is 13.3. The number of rotatable bonds is 10. The third-order valence-electron chi connectivity index (χ3n) is 6.04. The minimum atomic E-state index is -0.612. The molecule has 3 atom stereocenters. The lowest BCUT2D eigenvalue weighted by atomic mass is 9.97. The molecule has 0 aromatic heterocycles. The molecule has 0 spiro atoms. The van der Waals surface area contributed by atoms with Gasteiger partial charge in [0.1, 0.15) is 6.04 Å². The molecule has 178 valence electrons. The Morgan fingerprint density at radius 1 is 1.16 bits per heavy atom. The smallest absolute Gasteiger partial charge is 0.333 e. The average molecular weight is 438 g/mol. The summed E-state index contributed by atoms with van der Waals surface area (Å²) in [6.07, 6.45) is 5.37. The van der Waals surface area contributed by atoms with Crippen molar-refractivity contribution in [3.05, 3.63) is 11.6 Å². The Morgan fingerprint density at radius 2 is 1.81 bits per heavy atom. The fraction of sp³-hybridized carbons (Fsp3) is 0.792. The molecule has 1 N–H and O–H groups in total. The van der Waals surface area contributed by atoms with Crippen LogP contribution in [0.4, 0.5) is 0 Å². The molecule has 0 aromatic rings. The maximum Gasteiger partial charge on any atom is 0.333 e. The molecule has 1 aliphatic heterocycles. The summed E-state index contributed by atoms with van der Waals surface area (Å²) in [6.45, 7) is 14.7. The molecular weight excluding hydrogens is 394 g/mol. The van der Waals surface area contributed by atoms with Gasteiger partial charge in [-0.05, 0) is 59.4 Å². The van der Waals surface area contributed by atoms with Crippen molar-refractivity contribution in [2.75, 3.05) is 20.2 Å². The quantitative estimate of drug-likeness (QED) is 0.420. The van der Waals surface area contributed by atoms with Gasteiger partial charge in [-0.1, -0.05) is 33.3 Å². The van der Waals surface area contributed by atoms with Crippen molar-refractivity contribution >= 4 is 17.8 Å². The highest BCUT2D eigenvalue weighted by Gasteiger charge is 2.35. The van der Waals surface area contributed by atoms with Crippen molar-refractivity contribution in [3.8, 4) is 0 Å². The highest BCUT2D eigenvalue weighted by molar-refractivity contribution is 5.91. The Labute approximate surface area is 188 Å². The Hall–Kier alpha value is -1.89. The highest BCUT2D eigenvalue weighted by Crippen LogP contribution is 2.21. The number of carbonyl (C=O) groups excluding carboxylic acids is 3. The second-order valence-corrected chi connectivity index (χ2v) is 9.07. The third kappa shape index (κ3) is 7.63. The molecule has 0 radical (unpaired) electrons. The van der Waals surface area contributed by atoms with Gasteiger partial charge >= 0.3 is 5.97 Å². The summed E-state index contributed by atoms with van der Waals surface area (Å²) in [7, 11) is 1.73. The van der Waals surface area contributed by atoms with Gasteiger partial charge in [0.05, 0.1) is 18.7 Å². The number of likely N-dealkylation sites (tertiary alicyclic amines) is 1. The van der Waals surface area contributed by atoms with E-state index in [9.17, 15) is 14.4 Å². The van der Waals surface area contributed by atoms with Gasteiger partial charge in [0.15, 0.2) is 0 Å². The minimum absolute atomic E-state index is 0.0531.